The number of hydrogen-bond acceptors (Lipinski definition) is 3. The highest BCUT2D eigenvalue weighted by molar-refractivity contribution is 6.30. The van der Waals surface area contributed by atoms with Crippen LogP contribution in [0.4, 0.5) is 0 Å². The number of allylic oxidation sites excluding steroid dienone is 2. The molecule has 1 aliphatic carbocycles. The van der Waals surface area contributed by atoms with Crippen LogP contribution in [0, 0.1) is 0 Å². The molecule has 1 aromatic carbocycles. The second-order valence-electron chi connectivity index (χ2n) is 4.37. The number of nitrogens with one attached hydrogen (secondary N) is 1. The van der Waals surface area contributed by atoms with Crippen molar-refractivity contribution in [2.24, 2.45) is 5.10 Å². The predicted molar refractivity (Wildman–Crippen MR) is 75.5 cm³/mol. The van der Waals surface area contributed by atoms with E-state index >= 15 is 0 Å². The van der Waals surface area contributed by atoms with Gasteiger partial charge in [0.05, 0.1) is 5.71 Å². The number of ether oxygens (including phenoxy) is 1. The molecule has 0 radical (unpaired) electrons. The number of halogens is 1. The second-order valence-corrected chi connectivity index (χ2v) is 4.81. The Morgan fingerprint density at radius 2 is 2.11 bits per heavy atom. The van der Waals surface area contributed by atoms with Crippen LogP contribution in [0.5, 0.6) is 5.75 Å². The number of hydrazone groups is 1. The minimum atomic E-state index is -0.277. The average Bonchev–Trinajstić information content (AvgIpc) is 2.81. The van der Waals surface area contributed by atoms with Crippen LogP contribution < -0.4 is 10.2 Å². The van der Waals surface area contributed by atoms with Crippen molar-refractivity contribution in [2.45, 2.75) is 19.8 Å². The summed E-state index contributed by atoms with van der Waals surface area (Å²) in [6.45, 7) is 1.98. The van der Waals surface area contributed by atoms with Gasteiger partial charge in [-0.15, -0.1) is 0 Å². The maximum Gasteiger partial charge on any atom is 0.277 e. The normalized spacial score (nSPS) is 16.3. The molecule has 19 heavy (non-hydrogen) atoms. The Labute approximate surface area is 117 Å². The smallest absolute Gasteiger partial charge is 0.277 e. The molecule has 100 valence electrons. The second kappa shape index (κ2) is 6.38. The highest BCUT2D eigenvalue weighted by atomic mass is 35.5. The van der Waals surface area contributed by atoms with E-state index in [1.807, 2.05) is 13.0 Å². The molecule has 1 aromatic rings. The molecular weight excluding hydrogens is 264 g/mol. The molecular formula is C14H15ClN2O2. The first kappa shape index (κ1) is 13.6. The standard InChI is InChI=1S/C14H15ClN2O2/c1-10-2-5-12(8-10)16-17-14(18)9-19-13-6-3-11(15)4-7-13/h3-4,6-8H,2,5,9H2,1H3,(H,17,18). The summed E-state index contributed by atoms with van der Waals surface area (Å²) < 4.78 is 5.30. The fraction of sp³-hybridized carbons (Fsp3) is 0.286. The van der Waals surface area contributed by atoms with Gasteiger partial charge < -0.3 is 4.74 Å². The molecule has 0 fully saturated rings. The van der Waals surface area contributed by atoms with Gasteiger partial charge in [-0.05, 0) is 50.1 Å². The van der Waals surface area contributed by atoms with E-state index in [2.05, 4.69) is 10.5 Å². The zero-order chi connectivity index (χ0) is 13.7. The lowest BCUT2D eigenvalue weighted by molar-refractivity contribution is -0.123. The summed E-state index contributed by atoms with van der Waals surface area (Å²) in [6.07, 6.45) is 3.88. The molecule has 2 rings (SSSR count). The van der Waals surface area contributed by atoms with Crippen molar-refractivity contribution in [2.75, 3.05) is 6.61 Å². The Balaban J connectivity index is 1.77. The highest BCUT2D eigenvalue weighted by Gasteiger charge is 2.07. The lowest BCUT2D eigenvalue weighted by atomic mass is 10.3. The van der Waals surface area contributed by atoms with Crippen LogP contribution in [0.3, 0.4) is 0 Å². The van der Waals surface area contributed by atoms with E-state index in [9.17, 15) is 4.79 Å². The molecule has 0 heterocycles. The summed E-state index contributed by atoms with van der Waals surface area (Å²) in [5, 5.41) is 4.67. The van der Waals surface area contributed by atoms with Crippen molar-refractivity contribution >= 4 is 23.2 Å². The zero-order valence-electron chi connectivity index (χ0n) is 10.6. The van der Waals surface area contributed by atoms with Gasteiger partial charge in [-0.25, -0.2) is 5.43 Å². The van der Waals surface area contributed by atoms with Crippen LogP contribution in [0.2, 0.25) is 5.02 Å². The van der Waals surface area contributed by atoms with Crippen molar-refractivity contribution in [3.63, 3.8) is 0 Å². The molecule has 0 atom stereocenters. The van der Waals surface area contributed by atoms with Crippen molar-refractivity contribution in [3.8, 4) is 5.75 Å². The van der Waals surface area contributed by atoms with Crippen molar-refractivity contribution in [3.05, 3.63) is 40.9 Å². The maximum atomic E-state index is 11.5. The third-order valence-corrected chi connectivity index (χ3v) is 2.95. The van der Waals surface area contributed by atoms with Crippen LogP contribution >= 0.6 is 11.6 Å². The monoisotopic (exact) mass is 278 g/mol. The summed E-state index contributed by atoms with van der Waals surface area (Å²) >= 11 is 5.75. The summed E-state index contributed by atoms with van der Waals surface area (Å²) in [5.74, 6) is 0.323. The Bertz CT molecular complexity index is 521. The van der Waals surface area contributed by atoms with Gasteiger partial charge in [-0.1, -0.05) is 17.2 Å². The Kier molecular flexibility index (Phi) is 4.58. The molecule has 0 unspecified atom stereocenters. The lowest BCUT2D eigenvalue weighted by Crippen LogP contribution is -2.25. The van der Waals surface area contributed by atoms with Crippen LogP contribution in [-0.2, 0) is 4.79 Å². The third-order valence-electron chi connectivity index (χ3n) is 2.70. The SMILES string of the molecule is CC1=CC(=NNC(=O)COc2ccc(Cl)cc2)CC1. The number of benzene rings is 1. The van der Waals surface area contributed by atoms with Crippen LogP contribution in [-0.4, -0.2) is 18.2 Å². The quantitative estimate of drug-likeness (QED) is 0.861. The van der Waals surface area contributed by atoms with E-state index < -0.39 is 0 Å². The van der Waals surface area contributed by atoms with Gasteiger partial charge in [0.2, 0.25) is 0 Å². The maximum absolute atomic E-state index is 11.5. The zero-order valence-corrected chi connectivity index (χ0v) is 11.4. The van der Waals surface area contributed by atoms with Gasteiger partial charge >= 0.3 is 0 Å². The Morgan fingerprint density at radius 1 is 1.37 bits per heavy atom. The van der Waals surface area contributed by atoms with Crippen molar-refractivity contribution < 1.29 is 9.53 Å². The summed E-state index contributed by atoms with van der Waals surface area (Å²) in [6, 6.07) is 6.84. The summed E-state index contributed by atoms with van der Waals surface area (Å²) in [7, 11) is 0. The van der Waals surface area contributed by atoms with Gasteiger partial charge in [0.25, 0.3) is 5.91 Å². The first-order valence-electron chi connectivity index (χ1n) is 6.04. The number of nitrogens with zero attached hydrogens (tertiary/aromatic N) is 1. The van der Waals surface area contributed by atoms with Crippen molar-refractivity contribution in [1.82, 2.24) is 5.43 Å². The van der Waals surface area contributed by atoms with Gasteiger partial charge in [0, 0.05) is 5.02 Å². The Hall–Kier alpha value is -1.81. The number of hydrogen-bond donors (Lipinski definition) is 1. The van der Waals surface area contributed by atoms with Crippen molar-refractivity contribution in [1.29, 1.82) is 0 Å². The molecule has 4 nitrogen and oxygen atoms in total. The largest absolute Gasteiger partial charge is 0.484 e. The molecule has 1 aliphatic rings. The summed E-state index contributed by atoms with van der Waals surface area (Å²) in [5.41, 5.74) is 4.66. The molecule has 0 spiro atoms. The third kappa shape index (κ3) is 4.41. The first-order chi connectivity index (χ1) is 9.13. The van der Waals surface area contributed by atoms with Gasteiger partial charge in [-0.2, -0.15) is 5.10 Å². The minimum Gasteiger partial charge on any atom is -0.484 e. The lowest BCUT2D eigenvalue weighted by Gasteiger charge is -2.05. The van der Waals surface area contributed by atoms with E-state index in [1.165, 1.54) is 5.57 Å². The molecule has 5 heteroatoms. The number of rotatable bonds is 4. The highest BCUT2D eigenvalue weighted by Crippen LogP contribution is 2.15. The molecule has 0 saturated heterocycles. The van der Waals surface area contributed by atoms with Crippen LogP contribution in [0.1, 0.15) is 19.8 Å². The number of amides is 1. The predicted octanol–water partition coefficient (Wildman–Crippen LogP) is 2.93. The molecule has 0 saturated carbocycles. The van der Waals surface area contributed by atoms with E-state index in [1.54, 1.807) is 24.3 Å². The van der Waals surface area contributed by atoms with Crippen LogP contribution in [0.25, 0.3) is 0 Å². The topological polar surface area (TPSA) is 50.7 Å². The molecule has 0 bridgehead atoms. The first-order valence-corrected chi connectivity index (χ1v) is 6.42. The molecule has 1 N–H and O–H groups in total. The van der Waals surface area contributed by atoms with E-state index in [-0.39, 0.29) is 12.5 Å². The average molecular weight is 279 g/mol. The van der Waals surface area contributed by atoms with E-state index in [0.29, 0.717) is 10.8 Å². The summed E-state index contributed by atoms with van der Waals surface area (Å²) in [4.78, 5) is 11.5. The van der Waals surface area contributed by atoms with E-state index in [0.717, 1.165) is 18.6 Å². The van der Waals surface area contributed by atoms with Gasteiger partial charge in [0.15, 0.2) is 6.61 Å². The molecule has 0 aliphatic heterocycles. The van der Waals surface area contributed by atoms with Crippen LogP contribution in [0.15, 0.2) is 41.0 Å². The fourth-order valence-corrected chi connectivity index (χ4v) is 1.81. The fourth-order valence-electron chi connectivity index (χ4n) is 1.69. The minimum absolute atomic E-state index is 0.0683. The molecule has 1 amide bonds. The Morgan fingerprint density at radius 3 is 2.74 bits per heavy atom. The van der Waals surface area contributed by atoms with Gasteiger partial charge in [-0.3, -0.25) is 4.79 Å². The molecule has 0 aromatic heterocycles. The number of carbonyl (C=O) groups is 1. The number of carbonyl (C=O) groups excluding carboxylic acids is 1. The van der Waals surface area contributed by atoms with Gasteiger partial charge in [0.1, 0.15) is 5.75 Å². The van der Waals surface area contributed by atoms with E-state index in [4.69, 9.17) is 16.3 Å².